The molecule has 174 valence electrons. The minimum absolute atomic E-state index is 0.0189. The number of ketones is 1. The number of aromatic amines is 2. The highest BCUT2D eigenvalue weighted by Crippen LogP contribution is 2.38. The summed E-state index contributed by atoms with van der Waals surface area (Å²) in [5.74, 6) is -0.757. The van der Waals surface area contributed by atoms with Crippen molar-refractivity contribution in [3.63, 3.8) is 0 Å². The van der Waals surface area contributed by atoms with E-state index in [1.807, 2.05) is 0 Å². The van der Waals surface area contributed by atoms with Gasteiger partial charge in [0.1, 0.15) is 5.82 Å². The smallest absolute Gasteiger partial charge is 0.258 e. The number of carbonyl (C=O) groups is 1. The molecule has 0 amide bonds. The van der Waals surface area contributed by atoms with E-state index in [4.69, 9.17) is 0 Å². The molecule has 0 spiro atoms. The van der Waals surface area contributed by atoms with E-state index in [1.165, 1.54) is 36.5 Å². The highest BCUT2D eigenvalue weighted by Gasteiger charge is 2.26. The zero-order valence-corrected chi connectivity index (χ0v) is 18.9. The third kappa shape index (κ3) is 3.32. The molecule has 0 atom stereocenters. The fourth-order valence-electron chi connectivity index (χ4n) is 5.27. The minimum atomic E-state index is -0.521. The molecule has 2 N–H and O–H groups in total. The van der Waals surface area contributed by atoms with Crippen LogP contribution < -0.4 is 11.1 Å². The van der Waals surface area contributed by atoms with Crippen molar-refractivity contribution in [2.45, 2.75) is 32.7 Å². The lowest BCUT2D eigenvalue weighted by molar-refractivity contribution is 0.101. The molecule has 2 aromatic carbocycles. The van der Waals surface area contributed by atoms with Gasteiger partial charge in [-0.1, -0.05) is 0 Å². The van der Waals surface area contributed by atoms with Crippen LogP contribution in [0.2, 0.25) is 0 Å². The second-order valence-corrected chi connectivity index (χ2v) is 8.96. The van der Waals surface area contributed by atoms with E-state index >= 15 is 4.39 Å². The van der Waals surface area contributed by atoms with Crippen molar-refractivity contribution >= 4 is 27.6 Å². The number of fused-ring (bicyclic) bond motifs is 3. The number of nitrogens with zero attached hydrogens (tertiary/aromatic N) is 2. The van der Waals surface area contributed by atoms with Gasteiger partial charge in [0.2, 0.25) is 0 Å². The van der Waals surface area contributed by atoms with Gasteiger partial charge in [-0.3, -0.25) is 14.4 Å². The van der Waals surface area contributed by atoms with Gasteiger partial charge in [-0.05, 0) is 60.7 Å². The maximum absolute atomic E-state index is 15.2. The summed E-state index contributed by atoms with van der Waals surface area (Å²) in [5, 5.41) is 1.05. The number of pyridine rings is 1. The first-order chi connectivity index (χ1) is 16.9. The minimum Gasteiger partial charge on any atom is -0.333 e. The maximum Gasteiger partial charge on any atom is 0.258 e. The van der Waals surface area contributed by atoms with E-state index in [9.17, 15) is 14.4 Å². The van der Waals surface area contributed by atoms with Crippen molar-refractivity contribution in [1.82, 2.24) is 19.5 Å². The van der Waals surface area contributed by atoms with Gasteiger partial charge in [-0.15, -0.1) is 0 Å². The Hall–Kier alpha value is -4.33. The number of aromatic nitrogens is 4. The van der Waals surface area contributed by atoms with Gasteiger partial charge in [-0.2, -0.15) is 0 Å². The average molecular weight is 468 g/mol. The SMILES string of the molecule is CC(=O)c1c(-c2ccc[nH]c2=O)c2cc3c(cc2n1Cc1cc2c(=O)[nH]cnc2cc1F)CCC3. The van der Waals surface area contributed by atoms with Gasteiger partial charge in [0.15, 0.2) is 5.78 Å². The van der Waals surface area contributed by atoms with Crippen LogP contribution in [0, 0.1) is 5.82 Å². The number of Topliss-reactive ketones (excluding diaryl/α,β-unsaturated/α-hetero) is 1. The van der Waals surface area contributed by atoms with Crippen molar-refractivity contribution in [1.29, 1.82) is 0 Å². The molecular weight excluding hydrogens is 447 g/mol. The molecule has 0 aliphatic heterocycles. The molecule has 5 aromatic rings. The third-order valence-corrected chi connectivity index (χ3v) is 6.84. The van der Waals surface area contributed by atoms with Gasteiger partial charge in [0.25, 0.3) is 11.1 Å². The summed E-state index contributed by atoms with van der Waals surface area (Å²) in [7, 11) is 0. The summed E-state index contributed by atoms with van der Waals surface area (Å²) in [6.07, 6.45) is 5.69. The molecule has 0 bridgehead atoms. The van der Waals surface area contributed by atoms with E-state index < -0.39 is 5.82 Å². The Balaban J connectivity index is 1.67. The van der Waals surface area contributed by atoms with Crippen LogP contribution in [-0.4, -0.2) is 25.3 Å². The van der Waals surface area contributed by atoms with Gasteiger partial charge in [0.05, 0.1) is 29.5 Å². The molecule has 6 rings (SSSR count). The Bertz CT molecular complexity index is 1790. The van der Waals surface area contributed by atoms with E-state index in [0.717, 1.165) is 30.2 Å². The van der Waals surface area contributed by atoms with E-state index in [1.54, 1.807) is 22.9 Å². The Morgan fingerprint density at radius 1 is 1.06 bits per heavy atom. The Labute approximate surface area is 198 Å². The molecule has 3 aromatic heterocycles. The first-order valence-corrected chi connectivity index (χ1v) is 11.4. The number of halogens is 1. The predicted molar refractivity (Wildman–Crippen MR) is 131 cm³/mol. The lowest BCUT2D eigenvalue weighted by atomic mass is 9.99. The van der Waals surface area contributed by atoms with Crippen LogP contribution in [0.4, 0.5) is 4.39 Å². The first kappa shape index (κ1) is 21.2. The van der Waals surface area contributed by atoms with E-state index in [0.29, 0.717) is 16.8 Å². The molecule has 0 saturated carbocycles. The summed E-state index contributed by atoms with van der Waals surface area (Å²) in [5.41, 5.74) is 4.27. The molecule has 0 radical (unpaired) electrons. The molecule has 3 heterocycles. The van der Waals surface area contributed by atoms with Gasteiger partial charge >= 0.3 is 0 Å². The van der Waals surface area contributed by atoms with E-state index in [-0.39, 0.29) is 39.9 Å². The fraction of sp³-hybridized carbons (Fsp3) is 0.185. The van der Waals surface area contributed by atoms with Crippen LogP contribution in [0.15, 0.2) is 58.5 Å². The van der Waals surface area contributed by atoms with Crippen LogP contribution in [-0.2, 0) is 19.4 Å². The number of carbonyl (C=O) groups excluding carboxylic acids is 1. The molecule has 0 saturated heterocycles. The van der Waals surface area contributed by atoms with Gasteiger partial charge in [0, 0.05) is 46.8 Å². The Kier molecular flexibility index (Phi) is 4.77. The zero-order chi connectivity index (χ0) is 24.3. The molecule has 0 fully saturated rings. The third-order valence-electron chi connectivity index (χ3n) is 6.84. The van der Waals surface area contributed by atoms with Crippen LogP contribution in [0.3, 0.4) is 0 Å². The number of H-pyrrole nitrogens is 2. The molecule has 8 heteroatoms. The average Bonchev–Trinajstić information content (AvgIpc) is 3.41. The number of nitrogens with one attached hydrogen (secondary N) is 2. The zero-order valence-electron chi connectivity index (χ0n) is 18.9. The topological polar surface area (TPSA) is 101 Å². The normalized spacial score (nSPS) is 13.0. The molecular formula is C27H21FN4O3. The fourth-order valence-corrected chi connectivity index (χ4v) is 5.27. The Morgan fingerprint density at radius 3 is 2.63 bits per heavy atom. The Morgan fingerprint density at radius 2 is 1.86 bits per heavy atom. The maximum atomic E-state index is 15.2. The summed E-state index contributed by atoms with van der Waals surface area (Å²) < 4.78 is 16.9. The molecule has 35 heavy (non-hydrogen) atoms. The molecule has 7 nitrogen and oxygen atoms in total. The summed E-state index contributed by atoms with van der Waals surface area (Å²) in [6, 6.07) is 10.2. The largest absolute Gasteiger partial charge is 0.333 e. The van der Waals surface area contributed by atoms with Crippen molar-refractivity contribution in [3.8, 4) is 11.1 Å². The summed E-state index contributed by atoms with van der Waals surface area (Å²) >= 11 is 0. The lowest BCUT2D eigenvalue weighted by Gasteiger charge is -2.12. The monoisotopic (exact) mass is 468 g/mol. The highest BCUT2D eigenvalue weighted by atomic mass is 19.1. The van der Waals surface area contributed by atoms with Crippen molar-refractivity contribution in [2.75, 3.05) is 0 Å². The first-order valence-electron chi connectivity index (χ1n) is 11.4. The van der Waals surface area contributed by atoms with Crippen LogP contribution >= 0.6 is 0 Å². The molecule has 1 aliphatic rings. The number of hydrogen-bond acceptors (Lipinski definition) is 4. The van der Waals surface area contributed by atoms with Crippen LogP contribution in [0.1, 0.15) is 40.5 Å². The highest BCUT2D eigenvalue weighted by molar-refractivity contribution is 6.10. The van der Waals surface area contributed by atoms with Crippen LogP contribution in [0.5, 0.6) is 0 Å². The second-order valence-electron chi connectivity index (χ2n) is 8.96. The lowest BCUT2D eigenvalue weighted by Crippen LogP contribution is -2.13. The summed E-state index contributed by atoms with van der Waals surface area (Å²) in [6.45, 7) is 1.47. The number of benzene rings is 2. The molecule has 0 unspecified atom stereocenters. The van der Waals surface area contributed by atoms with Crippen molar-refractivity contribution in [2.24, 2.45) is 0 Å². The molecule has 1 aliphatic carbocycles. The standard InChI is InChI=1S/C27H21FN4O3/c1-14(33)25-24(18-6-3-7-29-26(18)34)20-8-15-4-2-5-16(15)10-23(20)32(25)12-17-9-19-22(11-21(17)28)30-13-31-27(19)35/h3,6-11,13H,2,4-5,12H2,1H3,(H,29,34)(H,30,31,35). The number of aryl methyl sites for hydroxylation is 2. The quantitative estimate of drug-likeness (QED) is 0.388. The second kappa shape index (κ2) is 7.87. The van der Waals surface area contributed by atoms with Crippen LogP contribution in [0.25, 0.3) is 32.9 Å². The van der Waals surface area contributed by atoms with Crippen molar-refractivity contribution < 1.29 is 9.18 Å². The predicted octanol–water partition coefficient (Wildman–Crippen LogP) is 4.11. The van der Waals surface area contributed by atoms with E-state index in [2.05, 4.69) is 27.1 Å². The number of hydrogen-bond donors (Lipinski definition) is 2. The summed E-state index contributed by atoms with van der Waals surface area (Å²) in [4.78, 5) is 47.4. The van der Waals surface area contributed by atoms with Crippen molar-refractivity contribution in [3.05, 3.63) is 97.8 Å². The number of rotatable bonds is 4. The van der Waals surface area contributed by atoms with Gasteiger partial charge < -0.3 is 14.5 Å². The van der Waals surface area contributed by atoms with Gasteiger partial charge in [-0.25, -0.2) is 9.37 Å².